The Bertz CT molecular complexity index is 664. The zero-order chi connectivity index (χ0) is 14.7. The van der Waals surface area contributed by atoms with Gasteiger partial charge >= 0.3 is 0 Å². The Balaban J connectivity index is 2.12. The standard InChI is InChI=1S/C14H9Br2FINO/c15-9-1-3-12(17)8(5-9)7-19-14(20)11-6-10(16)2-4-13(11)18/h1-6H,7H2,(H,19,20). The lowest BCUT2D eigenvalue weighted by molar-refractivity contribution is 0.0949. The van der Waals surface area contributed by atoms with Crippen molar-refractivity contribution in [3.05, 3.63) is 65.9 Å². The Labute approximate surface area is 146 Å². The first-order valence-corrected chi connectivity index (χ1v) is 8.31. The van der Waals surface area contributed by atoms with Crippen LogP contribution < -0.4 is 5.32 Å². The second-order valence-electron chi connectivity index (χ2n) is 4.04. The molecular weight excluding hydrogens is 504 g/mol. The molecule has 2 nitrogen and oxygen atoms in total. The predicted molar refractivity (Wildman–Crippen MR) is 92.1 cm³/mol. The van der Waals surface area contributed by atoms with Gasteiger partial charge in [0.05, 0.1) is 5.56 Å². The van der Waals surface area contributed by atoms with Gasteiger partial charge in [-0.25, -0.2) is 4.39 Å². The number of carbonyl (C=O) groups is 1. The molecule has 0 fully saturated rings. The molecule has 0 saturated heterocycles. The average Bonchev–Trinajstić information content (AvgIpc) is 2.42. The fraction of sp³-hybridized carbons (Fsp3) is 0.0714. The summed E-state index contributed by atoms with van der Waals surface area (Å²) in [6.07, 6.45) is 0. The molecule has 0 spiro atoms. The number of rotatable bonds is 3. The van der Waals surface area contributed by atoms with Gasteiger partial charge in [0.1, 0.15) is 5.82 Å². The largest absolute Gasteiger partial charge is 0.348 e. The minimum atomic E-state index is -0.336. The van der Waals surface area contributed by atoms with E-state index in [2.05, 4.69) is 59.8 Å². The molecule has 0 atom stereocenters. The molecule has 2 aromatic rings. The highest BCUT2D eigenvalue weighted by molar-refractivity contribution is 14.1. The van der Waals surface area contributed by atoms with Crippen LogP contribution in [-0.2, 0) is 6.54 Å². The predicted octanol–water partition coefficient (Wildman–Crippen LogP) is 4.89. The molecule has 0 saturated carbocycles. The molecule has 1 amide bonds. The molecule has 0 radical (unpaired) electrons. The summed E-state index contributed by atoms with van der Waals surface area (Å²) in [5.74, 6) is -0.562. The maximum Gasteiger partial charge on any atom is 0.252 e. The summed E-state index contributed by atoms with van der Waals surface area (Å²) in [7, 11) is 0. The van der Waals surface area contributed by atoms with Crippen LogP contribution in [0.15, 0.2) is 45.3 Å². The third-order valence-corrected chi connectivity index (χ3v) is 4.55. The van der Waals surface area contributed by atoms with Crippen LogP contribution in [0, 0.1) is 9.39 Å². The zero-order valence-electron chi connectivity index (χ0n) is 10.1. The van der Waals surface area contributed by atoms with Crippen molar-refractivity contribution in [2.45, 2.75) is 6.54 Å². The molecule has 1 N–H and O–H groups in total. The van der Waals surface area contributed by atoms with Crippen LogP contribution in [0.1, 0.15) is 15.9 Å². The van der Waals surface area contributed by atoms with Crippen molar-refractivity contribution in [3.8, 4) is 0 Å². The summed E-state index contributed by atoms with van der Waals surface area (Å²) >= 11 is 8.71. The van der Waals surface area contributed by atoms with Crippen LogP contribution in [0.2, 0.25) is 0 Å². The van der Waals surface area contributed by atoms with E-state index in [9.17, 15) is 9.18 Å². The maximum atomic E-state index is 13.6. The van der Waals surface area contributed by atoms with Gasteiger partial charge in [-0.3, -0.25) is 4.79 Å². The van der Waals surface area contributed by atoms with Gasteiger partial charge in [0.15, 0.2) is 0 Å². The van der Waals surface area contributed by atoms with E-state index in [0.29, 0.717) is 11.1 Å². The van der Waals surface area contributed by atoms with Crippen LogP contribution in [0.25, 0.3) is 0 Å². The zero-order valence-corrected chi connectivity index (χ0v) is 15.4. The number of hydrogen-bond acceptors (Lipinski definition) is 1. The van der Waals surface area contributed by atoms with Gasteiger partial charge in [0, 0.05) is 24.6 Å². The lowest BCUT2D eigenvalue weighted by Crippen LogP contribution is -2.24. The van der Waals surface area contributed by atoms with Crippen LogP contribution in [0.5, 0.6) is 0 Å². The Hall–Kier alpha value is -0.470. The topological polar surface area (TPSA) is 29.1 Å². The second kappa shape index (κ2) is 7.00. The summed E-state index contributed by atoms with van der Waals surface area (Å²) in [4.78, 5) is 12.1. The minimum Gasteiger partial charge on any atom is -0.348 e. The first kappa shape index (κ1) is 15.9. The van der Waals surface area contributed by atoms with Crippen LogP contribution >= 0.6 is 54.5 Å². The van der Waals surface area contributed by atoms with Gasteiger partial charge < -0.3 is 5.32 Å². The van der Waals surface area contributed by atoms with Crippen molar-refractivity contribution in [2.24, 2.45) is 0 Å². The number of amides is 1. The Kier molecular flexibility index (Phi) is 5.57. The molecule has 0 bridgehead atoms. The van der Waals surface area contributed by atoms with Gasteiger partial charge in [-0.05, 0) is 59.0 Å². The van der Waals surface area contributed by atoms with E-state index < -0.39 is 0 Å². The summed E-state index contributed by atoms with van der Waals surface area (Å²) in [5, 5.41) is 2.73. The highest BCUT2D eigenvalue weighted by Gasteiger charge is 2.11. The third kappa shape index (κ3) is 4.02. The number of carbonyl (C=O) groups excluding carboxylic acids is 1. The van der Waals surface area contributed by atoms with Crippen LogP contribution in [-0.4, -0.2) is 5.91 Å². The molecule has 0 aromatic heterocycles. The fourth-order valence-corrected chi connectivity index (χ4v) is 2.97. The Morgan fingerprint density at radius 3 is 2.55 bits per heavy atom. The molecule has 0 aliphatic carbocycles. The second-order valence-corrected chi connectivity index (χ2v) is 7.04. The first-order valence-electron chi connectivity index (χ1n) is 5.64. The van der Waals surface area contributed by atoms with Gasteiger partial charge in [0.25, 0.3) is 5.91 Å². The smallest absolute Gasteiger partial charge is 0.252 e. The Morgan fingerprint density at radius 1 is 1.15 bits per heavy atom. The van der Waals surface area contributed by atoms with E-state index in [1.807, 2.05) is 12.1 Å². The molecule has 2 aromatic carbocycles. The lowest BCUT2D eigenvalue weighted by Gasteiger charge is -2.08. The Morgan fingerprint density at radius 2 is 1.80 bits per heavy atom. The SMILES string of the molecule is O=C(NCc1cc(Br)ccc1F)c1cc(Br)ccc1I. The van der Waals surface area contributed by atoms with Gasteiger partial charge in [-0.1, -0.05) is 31.9 Å². The summed E-state index contributed by atoms with van der Waals surface area (Å²) < 4.78 is 16.0. The van der Waals surface area contributed by atoms with E-state index >= 15 is 0 Å². The van der Waals surface area contributed by atoms with E-state index in [1.54, 1.807) is 18.2 Å². The number of halogens is 4. The molecular formula is C14H9Br2FINO. The van der Waals surface area contributed by atoms with Crippen LogP contribution in [0.3, 0.4) is 0 Å². The molecule has 0 unspecified atom stereocenters. The minimum absolute atomic E-state index is 0.146. The highest BCUT2D eigenvalue weighted by atomic mass is 127. The molecule has 104 valence electrons. The summed E-state index contributed by atoms with van der Waals surface area (Å²) in [6.45, 7) is 0.146. The molecule has 0 aliphatic rings. The van der Waals surface area contributed by atoms with Gasteiger partial charge in [-0.15, -0.1) is 0 Å². The number of hydrogen-bond donors (Lipinski definition) is 1. The number of benzene rings is 2. The van der Waals surface area contributed by atoms with Crippen molar-refractivity contribution in [1.82, 2.24) is 5.32 Å². The van der Waals surface area contributed by atoms with Gasteiger partial charge in [-0.2, -0.15) is 0 Å². The maximum absolute atomic E-state index is 13.6. The van der Waals surface area contributed by atoms with Crippen molar-refractivity contribution in [2.75, 3.05) is 0 Å². The van der Waals surface area contributed by atoms with Crippen molar-refractivity contribution < 1.29 is 9.18 Å². The van der Waals surface area contributed by atoms with Crippen LogP contribution in [0.4, 0.5) is 4.39 Å². The summed E-state index contributed by atoms with van der Waals surface area (Å²) in [6, 6.07) is 10.1. The molecule has 6 heteroatoms. The number of nitrogens with one attached hydrogen (secondary N) is 1. The third-order valence-electron chi connectivity index (χ3n) is 2.62. The van der Waals surface area contributed by atoms with Crippen molar-refractivity contribution >= 4 is 60.4 Å². The van der Waals surface area contributed by atoms with Crippen molar-refractivity contribution in [3.63, 3.8) is 0 Å². The molecule has 2 rings (SSSR count). The van der Waals surface area contributed by atoms with Crippen molar-refractivity contribution in [1.29, 1.82) is 0 Å². The van der Waals surface area contributed by atoms with Gasteiger partial charge in [0.2, 0.25) is 0 Å². The average molecular weight is 513 g/mol. The van der Waals surface area contributed by atoms with E-state index in [4.69, 9.17) is 0 Å². The molecule has 20 heavy (non-hydrogen) atoms. The normalized spacial score (nSPS) is 10.4. The first-order chi connectivity index (χ1) is 9.47. The monoisotopic (exact) mass is 511 g/mol. The molecule has 0 aliphatic heterocycles. The van der Waals surface area contributed by atoms with E-state index in [1.165, 1.54) is 6.07 Å². The molecule has 0 heterocycles. The van der Waals surface area contributed by atoms with E-state index in [0.717, 1.165) is 12.5 Å². The fourth-order valence-electron chi connectivity index (χ4n) is 1.62. The van der Waals surface area contributed by atoms with E-state index in [-0.39, 0.29) is 18.3 Å². The lowest BCUT2D eigenvalue weighted by atomic mass is 10.2. The quantitative estimate of drug-likeness (QED) is 0.583. The summed E-state index contributed by atoms with van der Waals surface area (Å²) in [5.41, 5.74) is 1.01. The highest BCUT2D eigenvalue weighted by Crippen LogP contribution is 2.19.